The van der Waals surface area contributed by atoms with Crippen molar-refractivity contribution in [2.75, 3.05) is 32.6 Å². The SMILES string of the molecule is COc1nc(N(C)C)ncc1-c1cc2c(n1C(C)C)[C@H](c1ccc(Cl)c(F)c1)N(C1CC(Cl)CNC1=O)C2=O. The number of halogens is 3. The van der Waals surface area contributed by atoms with Crippen LogP contribution in [0.4, 0.5) is 10.3 Å². The number of piperidine rings is 1. The first-order valence-corrected chi connectivity index (χ1v) is 13.4. The van der Waals surface area contributed by atoms with Crippen LogP contribution in [-0.4, -0.2) is 70.4 Å². The van der Waals surface area contributed by atoms with E-state index >= 15 is 0 Å². The monoisotopic (exact) mass is 574 g/mol. The fourth-order valence-electron chi connectivity index (χ4n) is 5.37. The Morgan fingerprint density at radius 3 is 2.59 bits per heavy atom. The molecule has 0 spiro atoms. The summed E-state index contributed by atoms with van der Waals surface area (Å²) in [5.74, 6) is -0.434. The molecule has 5 rings (SSSR count). The number of alkyl halides is 1. The average Bonchev–Trinajstić information content (AvgIpc) is 3.41. The van der Waals surface area contributed by atoms with Crippen LogP contribution in [0.25, 0.3) is 11.3 Å². The average molecular weight is 575 g/mol. The Kier molecular flexibility index (Phi) is 7.19. The second-order valence-corrected chi connectivity index (χ2v) is 11.2. The quantitative estimate of drug-likeness (QED) is 0.438. The molecule has 0 saturated carbocycles. The standard InChI is InChI=1S/C27H29Cl2FN6O3/c1-13(2)35-20(17-12-32-27(34(3)4)33-25(17)39-5)10-16-23(35)22(14-6-7-18(29)19(30)8-14)36(26(16)38)21-9-15(28)11-31-24(21)37/h6-8,10,12-13,15,21-22H,9,11H2,1-5H3,(H,31,37)/t15?,21?,22-/m0/s1. The minimum absolute atomic E-state index is 0.0334. The van der Waals surface area contributed by atoms with Gasteiger partial charge in [-0.05, 0) is 44.0 Å². The molecular formula is C27H29Cl2FN6O3. The van der Waals surface area contributed by atoms with Gasteiger partial charge >= 0.3 is 0 Å². The summed E-state index contributed by atoms with van der Waals surface area (Å²) in [4.78, 5) is 39.4. The summed E-state index contributed by atoms with van der Waals surface area (Å²) in [5, 5.41) is 2.41. The number of aromatic nitrogens is 3. The van der Waals surface area contributed by atoms with E-state index < -0.39 is 17.9 Å². The van der Waals surface area contributed by atoms with Crippen LogP contribution in [0, 0.1) is 5.82 Å². The lowest BCUT2D eigenvalue weighted by molar-refractivity contribution is -0.127. The largest absolute Gasteiger partial charge is 0.480 e. The van der Waals surface area contributed by atoms with E-state index in [2.05, 4.69) is 15.3 Å². The van der Waals surface area contributed by atoms with Crippen LogP contribution in [-0.2, 0) is 4.79 Å². The minimum atomic E-state index is -0.828. The van der Waals surface area contributed by atoms with Gasteiger partial charge < -0.3 is 24.4 Å². The third-order valence-electron chi connectivity index (χ3n) is 7.08. The maximum atomic E-state index is 14.8. The normalized spacial score (nSPS) is 20.8. The van der Waals surface area contributed by atoms with Gasteiger partial charge in [-0.2, -0.15) is 4.98 Å². The summed E-state index contributed by atoms with van der Waals surface area (Å²) >= 11 is 12.4. The second kappa shape index (κ2) is 10.3. The number of anilines is 1. The first kappa shape index (κ1) is 27.2. The van der Waals surface area contributed by atoms with Crippen LogP contribution in [0.15, 0.2) is 30.5 Å². The fourth-order valence-corrected chi connectivity index (χ4v) is 5.73. The summed E-state index contributed by atoms with van der Waals surface area (Å²) in [5.41, 5.74) is 2.80. The number of benzene rings is 1. The van der Waals surface area contributed by atoms with E-state index in [1.165, 1.54) is 24.1 Å². The van der Waals surface area contributed by atoms with E-state index in [4.69, 9.17) is 27.9 Å². The van der Waals surface area contributed by atoms with Gasteiger partial charge in [0.15, 0.2) is 0 Å². The molecule has 2 aliphatic heterocycles. The van der Waals surface area contributed by atoms with Gasteiger partial charge in [0.05, 0.1) is 46.1 Å². The molecule has 1 saturated heterocycles. The smallest absolute Gasteiger partial charge is 0.257 e. The second-order valence-electron chi connectivity index (χ2n) is 10.2. The van der Waals surface area contributed by atoms with Crippen LogP contribution < -0.4 is 15.0 Å². The number of nitrogens with one attached hydrogen (secondary N) is 1. The van der Waals surface area contributed by atoms with Crippen molar-refractivity contribution in [2.24, 2.45) is 0 Å². The van der Waals surface area contributed by atoms with Gasteiger partial charge in [-0.25, -0.2) is 9.37 Å². The number of amides is 2. The van der Waals surface area contributed by atoms with Gasteiger partial charge in [0, 0.05) is 32.9 Å². The Hall–Kier alpha value is -3.37. The predicted octanol–water partition coefficient (Wildman–Crippen LogP) is 4.43. The van der Waals surface area contributed by atoms with E-state index in [1.807, 2.05) is 32.5 Å². The van der Waals surface area contributed by atoms with Crippen molar-refractivity contribution < 1.29 is 18.7 Å². The number of hydrogen-bond acceptors (Lipinski definition) is 6. The highest BCUT2D eigenvalue weighted by atomic mass is 35.5. The van der Waals surface area contributed by atoms with Crippen molar-refractivity contribution in [1.82, 2.24) is 24.8 Å². The lowest BCUT2D eigenvalue weighted by Crippen LogP contribution is -2.55. The van der Waals surface area contributed by atoms with E-state index in [9.17, 15) is 14.0 Å². The summed E-state index contributed by atoms with van der Waals surface area (Å²) in [6.45, 7) is 4.29. The summed E-state index contributed by atoms with van der Waals surface area (Å²) in [6, 6.07) is 4.50. The molecule has 2 unspecified atom stereocenters. The van der Waals surface area contributed by atoms with E-state index in [-0.39, 0.29) is 34.7 Å². The number of carbonyl (C=O) groups is 2. The Morgan fingerprint density at radius 2 is 1.95 bits per heavy atom. The molecule has 9 nitrogen and oxygen atoms in total. The lowest BCUT2D eigenvalue weighted by Gasteiger charge is -2.37. The zero-order valence-electron chi connectivity index (χ0n) is 22.2. The van der Waals surface area contributed by atoms with Gasteiger partial charge in [-0.15, -0.1) is 11.6 Å². The first-order valence-electron chi connectivity index (χ1n) is 12.6. The fraction of sp³-hybridized carbons (Fsp3) is 0.407. The molecular weight excluding hydrogens is 546 g/mol. The third kappa shape index (κ3) is 4.59. The zero-order valence-corrected chi connectivity index (χ0v) is 23.7. The molecule has 12 heteroatoms. The van der Waals surface area contributed by atoms with Crippen molar-refractivity contribution in [3.05, 3.63) is 58.1 Å². The maximum Gasteiger partial charge on any atom is 0.257 e. The van der Waals surface area contributed by atoms with E-state index in [1.54, 1.807) is 23.2 Å². The molecule has 0 radical (unpaired) electrons. The zero-order chi connectivity index (χ0) is 28.2. The highest BCUT2D eigenvalue weighted by Gasteiger charge is 2.48. The van der Waals surface area contributed by atoms with Gasteiger partial charge in [-0.3, -0.25) is 9.59 Å². The van der Waals surface area contributed by atoms with Crippen molar-refractivity contribution >= 4 is 41.0 Å². The predicted molar refractivity (Wildman–Crippen MR) is 147 cm³/mol. The van der Waals surface area contributed by atoms with Crippen LogP contribution in [0.3, 0.4) is 0 Å². The minimum Gasteiger partial charge on any atom is -0.480 e. The van der Waals surface area contributed by atoms with Gasteiger partial charge in [0.2, 0.25) is 17.7 Å². The lowest BCUT2D eigenvalue weighted by atomic mass is 9.98. The molecule has 1 N–H and O–H groups in total. The molecule has 3 atom stereocenters. The highest BCUT2D eigenvalue weighted by Crippen LogP contribution is 2.47. The van der Waals surface area contributed by atoms with Crippen LogP contribution >= 0.6 is 23.2 Å². The molecule has 39 heavy (non-hydrogen) atoms. The number of methoxy groups -OCH3 is 1. The molecule has 4 heterocycles. The van der Waals surface area contributed by atoms with Crippen molar-refractivity contribution in [1.29, 1.82) is 0 Å². The molecule has 0 aliphatic carbocycles. The number of hydrogen-bond donors (Lipinski definition) is 1. The third-order valence-corrected chi connectivity index (χ3v) is 7.72. The van der Waals surface area contributed by atoms with Crippen molar-refractivity contribution in [3.8, 4) is 17.1 Å². The van der Waals surface area contributed by atoms with Crippen LogP contribution in [0.1, 0.15) is 54.0 Å². The number of fused-ring (bicyclic) bond motifs is 1. The molecule has 0 bridgehead atoms. The molecule has 2 amide bonds. The van der Waals surface area contributed by atoms with Crippen LogP contribution in [0.2, 0.25) is 5.02 Å². The number of nitrogens with zero attached hydrogens (tertiary/aromatic N) is 5. The molecule has 2 aromatic heterocycles. The van der Waals surface area contributed by atoms with E-state index in [0.29, 0.717) is 46.5 Å². The maximum absolute atomic E-state index is 14.8. The number of ether oxygens (including phenoxy) is 1. The summed E-state index contributed by atoms with van der Waals surface area (Å²) < 4.78 is 22.4. The molecule has 1 aromatic carbocycles. The van der Waals surface area contributed by atoms with Crippen molar-refractivity contribution in [2.45, 2.75) is 43.8 Å². The Bertz CT molecular complexity index is 1460. The number of carbonyl (C=O) groups excluding carboxylic acids is 2. The van der Waals surface area contributed by atoms with Gasteiger partial charge in [-0.1, -0.05) is 17.7 Å². The Balaban J connectivity index is 1.74. The molecule has 1 fully saturated rings. The van der Waals surface area contributed by atoms with E-state index in [0.717, 1.165) is 0 Å². The number of rotatable bonds is 6. The van der Waals surface area contributed by atoms with Gasteiger partial charge in [0.1, 0.15) is 11.9 Å². The van der Waals surface area contributed by atoms with Gasteiger partial charge in [0.25, 0.3) is 5.91 Å². The highest BCUT2D eigenvalue weighted by molar-refractivity contribution is 6.30. The molecule has 206 valence electrons. The summed E-state index contributed by atoms with van der Waals surface area (Å²) in [6.07, 6.45) is 1.94. The summed E-state index contributed by atoms with van der Waals surface area (Å²) in [7, 11) is 5.18. The van der Waals surface area contributed by atoms with Crippen molar-refractivity contribution in [3.63, 3.8) is 0 Å². The van der Waals surface area contributed by atoms with Crippen LogP contribution in [0.5, 0.6) is 5.88 Å². The Morgan fingerprint density at radius 1 is 1.21 bits per heavy atom. The molecule has 3 aromatic rings. The molecule has 2 aliphatic rings. The topological polar surface area (TPSA) is 92.6 Å². The first-order chi connectivity index (χ1) is 18.5. The Labute approximate surface area is 235 Å².